The van der Waals surface area contributed by atoms with Gasteiger partial charge >= 0.3 is 6.18 Å². The predicted octanol–water partition coefficient (Wildman–Crippen LogP) is 3.91. The summed E-state index contributed by atoms with van der Waals surface area (Å²) in [6.45, 7) is 2.06. The van der Waals surface area contributed by atoms with E-state index >= 15 is 0 Å². The molecule has 3 rings (SSSR count). The average Bonchev–Trinajstić information content (AvgIpc) is 3.21. The number of rotatable bonds is 6. The van der Waals surface area contributed by atoms with E-state index in [4.69, 9.17) is 0 Å². The summed E-state index contributed by atoms with van der Waals surface area (Å²) >= 11 is 0. The second-order valence-electron chi connectivity index (χ2n) is 8.59. The monoisotopic (exact) mass is 497 g/mol. The molecule has 1 aromatic rings. The van der Waals surface area contributed by atoms with Gasteiger partial charge in [0.1, 0.15) is 0 Å². The van der Waals surface area contributed by atoms with Gasteiger partial charge < -0.3 is 4.90 Å². The molecule has 1 amide bonds. The molecule has 2 atom stereocenters. The molecule has 6 nitrogen and oxygen atoms in total. The quantitative estimate of drug-likeness (QED) is 0.647. The fraction of sp³-hybridized carbons (Fsp3) is 0.667. The van der Waals surface area contributed by atoms with Crippen molar-refractivity contribution in [3.8, 4) is 0 Å². The molecule has 1 aliphatic heterocycles. The standard InChI is InChI=1S/C21H30F3N3O3S.ClH/c1-26(18-7-3-4-8-19(18)27-11-5-6-12-27)20(28)13-15-9-10-16(21(22,23)24)14-17(15)25-31(2,29)30;/h9-10,14,18-19,25H,3-8,11-13H2,1-2H3;1H. The topological polar surface area (TPSA) is 69.7 Å². The molecule has 0 bridgehead atoms. The number of likely N-dealkylation sites (tertiary alicyclic amines) is 1. The highest BCUT2D eigenvalue weighted by molar-refractivity contribution is 7.92. The van der Waals surface area contributed by atoms with E-state index in [2.05, 4.69) is 9.62 Å². The zero-order valence-corrected chi connectivity index (χ0v) is 20.0. The third-order valence-corrected chi connectivity index (χ3v) is 6.86. The first kappa shape index (κ1) is 26.7. The van der Waals surface area contributed by atoms with Gasteiger partial charge in [0, 0.05) is 19.1 Å². The Bertz CT molecular complexity index is 905. The summed E-state index contributed by atoms with van der Waals surface area (Å²) in [6, 6.07) is 3.16. The van der Waals surface area contributed by atoms with Gasteiger partial charge in [0.15, 0.2) is 0 Å². The minimum absolute atomic E-state index is 0. The largest absolute Gasteiger partial charge is 0.416 e. The molecule has 2 fully saturated rings. The highest BCUT2D eigenvalue weighted by Crippen LogP contribution is 2.33. The van der Waals surface area contributed by atoms with Gasteiger partial charge in [-0.15, -0.1) is 12.4 Å². The normalized spacial score (nSPS) is 22.3. The molecule has 2 unspecified atom stereocenters. The first-order valence-electron chi connectivity index (χ1n) is 10.6. The number of hydrogen-bond donors (Lipinski definition) is 1. The van der Waals surface area contributed by atoms with Crippen LogP contribution in [0.3, 0.4) is 0 Å². The summed E-state index contributed by atoms with van der Waals surface area (Å²) in [5, 5.41) is 0. The molecule has 2 aliphatic rings. The van der Waals surface area contributed by atoms with Crippen molar-refractivity contribution < 1.29 is 26.4 Å². The molecular weight excluding hydrogens is 467 g/mol. The van der Waals surface area contributed by atoms with E-state index in [0.29, 0.717) is 6.04 Å². The molecule has 1 heterocycles. The van der Waals surface area contributed by atoms with Crippen LogP contribution in [0.15, 0.2) is 18.2 Å². The number of carbonyl (C=O) groups is 1. The molecule has 1 N–H and O–H groups in total. The summed E-state index contributed by atoms with van der Waals surface area (Å²) in [4.78, 5) is 17.2. The molecule has 1 saturated carbocycles. The van der Waals surface area contributed by atoms with Crippen LogP contribution in [-0.4, -0.2) is 62.6 Å². The van der Waals surface area contributed by atoms with E-state index in [0.717, 1.165) is 70.0 Å². The minimum atomic E-state index is -4.61. The van der Waals surface area contributed by atoms with E-state index in [1.165, 1.54) is 6.07 Å². The van der Waals surface area contributed by atoms with Crippen LogP contribution in [0.4, 0.5) is 18.9 Å². The van der Waals surface area contributed by atoms with Crippen molar-refractivity contribution in [2.45, 2.75) is 63.2 Å². The van der Waals surface area contributed by atoms with Gasteiger partial charge in [-0.25, -0.2) is 8.42 Å². The third-order valence-electron chi connectivity index (χ3n) is 6.27. The molecule has 1 aliphatic carbocycles. The van der Waals surface area contributed by atoms with Crippen LogP contribution in [0.25, 0.3) is 0 Å². The molecule has 32 heavy (non-hydrogen) atoms. The van der Waals surface area contributed by atoms with Crippen LogP contribution in [-0.2, 0) is 27.4 Å². The lowest BCUT2D eigenvalue weighted by Gasteiger charge is -2.42. The summed E-state index contributed by atoms with van der Waals surface area (Å²) in [5.74, 6) is -0.229. The molecule has 0 radical (unpaired) electrons. The SMILES string of the molecule is CN(C(=O)Cc1ccc(C(F)(F)F)cc1NS(C)(=O)=O)C1CCCCC1N1CCCC1.Cl. The maximum Gasteiger partial charge on any atom is 0.416 e. The maximum absolute atomic E-state index is 13.1. The lowest BCUT2D eigenvalue weighted by atomic mass is 9.88. The number of amides is 1. The van der Waals surface area contributed by atoms with Crippen LogP contribution < -0.4 is 4.72 Å². The Morgan fingerprint density at radius 1 is 1.16 bits per heavy atom. The zero-order chi connectivity index (χ0) is 22.8. The van der Waals surface area contributed by atoms with Gasteiger partial charge in [0.05, 0.1) is 23.9 Å². The number of nitrogens with zero attached hydrogens (tertiary/aromatic N) is 2. The summed E-state index contributed by atoms with van der Waals surface area (Å²) < 4.78 is 64.8. The van der Waals surface area contributed by atoms with Crippen LogP contribution in [0.5, 0.6) is 0 Å². The summed E-state index contributed by atoms with van der Waals surface area (Å²) in [5.41, 5.74) is -0.952. The predicted molar refractivity (Wildman–Crippen MR) is 120 cm³/mol. The van der Waals surface area contributed by atoms with E-state index in [1.807, 2.05) is 0 Å². The smallest absolute Gasteiger partial charge is 0.341 e. The van der Waals surface area contributed by atoms with Crippen molar-refractivity contribution in [1.29, 1.82) is 0 Å². The number of alkyl halides is 3. The molecule has 182 valence electrons. The number of anilines is 1. The van der Waals surface area contributed by atoms with E-state index in [9.17, 15) is 26.4 Å². The fourth-order valence-corrected chi connectivity index (χ4v) is 5.31. The lowest BCUT2D eigenvalue weighted by molar-refractivity contribution is -0.137. The van der Waals surface area contributed by atoms with E-state index in [-0.39, 0.29) is 42.0 Å². The maximum atomic E-state index is 13.1. The number of carbonyl (C=O) groups excluding carboxylic acids is 1. The first-order chi connectivity index (χ1) is 14.5. The van der Waals surface area contributed by atoms with Gasteiger partial charge in [0.2, 0.25) is 15.9 Å². The average molecular weight is 498 g/mol. The highest BCUT2D eigenvalue weighted by atomic mass is 35.5. The second-order valence-corrected chi connectivity index (χ2v) is 10.3. The van der Waals surface area contributed by atoms with Gasteiger partial charge in [-0.1, -0.05) is 18.9 Å². The Hall–Kier alpha value is -1.52. The Morgan fingerprint density at radius 3 is 2.38 bits per heavy atom. The van der Waals surface area contributed by atoms with Crippen molar-refractivity contribution in [2.24, 2.45) is 0 Å². The van der Waals surface area contributed by atoms with Crippen LogP contribution in [0.2, 0.25) is 0 Å². The number of likely N-dealkylation sites (N-methyl/N-ethyl adjacent to an activating group) is 1. The first-order valence-corrected chi connectivity index (χ1v) is 12.5. The van der Waals surface area contributed by atoms with Crippen LogP contribution >= 0.6 is 12.4 Å². The molecule has 0 aromatic heterocycles. The molecule has 11 heteroatoms. The number of sulfonamides is 1. The van der Waals surface area contributed by atoms with Crippen molar-refractivity contribution in [3.05, 3.63) is 29.3 Å². The van der Waals surface area contributed by atoms with Gasteiger partial charge in [-0.2, -0.15) is 13.2 Å². The van der Waals surface area contributed by atoms with Gasteiger partial charge in [-0.3, -0.25) is 14.4 Å². The van der Waals surface area contributed by atoms with E-state index in [1.54, 1.807) is 11.9 Å². The van der Waals surface area contributed by atoms with Gasteiger partial charge in [-0.05, 0) is 56.5 Å². The Morgan fingerprint density at radius 2 is 1.78 bits per heavy atom. The number of benzene rings is 1. The molecular formula is C21H31ClF3N3O3S. The van der Waals surface area contributed by atoms with Crippen molar-refractivity contribution in [3.63, 3.8) is 0 Å². The Balaban J connectivity index is 0.00000363. The van der Waals surface area contributed by atoms with Gasteiger partial charge in [0.25, 0.3) is 0 Å². The van der Waals surface area contributed by atoms with Crippen molar-refractivity contribution >= 4 is 34.0 Å². The van der Waals surface area contributed by atoms with Crippen LogP contribution in [0.1, 0.15) is 49.7 Å². The van der Waals surface area contributed by atoms with Crippen molar-refractivity contribution in [1.82, 2.24) is 9.80 Å². The molecule has 1 saturated heterocycles. The Labute approximate surface area is 194 Å². The second kappa shape index (κ2) is 10.6. The van der Waals surface area contributed by atoms with Crippen molar-refractivity contribution in [2.75, 3.05) is 31.1 Å². The summed E-state index contributed by atoms with van der Waals surface area (Å²) in [7, 11) is -2.06. The fourth-order valence-electron chi connectivity index (χ4n) is 4.72. The third kappa shape index (κ3) is 6.74. The highest BCUT2D eigenvalue weighted by Gasteiger charge is 2.36. The Kier molecular flexibility index (Phi) is 8.86. The minimum Gasteiger partial charge on any atom is -0.341 e. The number of nitrogens with one attached hydrogen (secondary N) is 1. The zero-order valence-electron chi connectivity index (χ0n) is 18.3. The number of halogens is 4. The molecule has 0 spiro atoms. The summed E-state index contributed by atoms with van der Waals surface area (Å²) in [6.07, 6.45) is 2.49. The lowest BCUT2D eigenvalue weighted by Crippen LogP contribution is -2.53. The number of hydrogen-bond acceptors (Lipinski definition) is 4. The van der Waals surface area contributed by atoms with Crippen LogP contribution in [0, 0.1) is 0 Å². The van der Waals surface area contributed by atoms with E-state index < -0.39 is 21.8 Å². The molecule has 1 aromatic carbocycles.